The molecule has 0 fully saturated rings. The van der Waals surface area contributed by atoms with Gasteiger partial charge in [0.1, 0.15) is 0 Å². The first-order valence-corrected chi connectivity index (χ1v) is 5.05. The Morgan fingerprint density at radius 2 is 1.87 bits per heavy atom. The van der Waals surface area contributed by atoms with Crippen LogP contribution in [0.2, 0.25) is 0 Å². The van der Waals surface area contributed by atoms with Crippen LogP contribution < -0.4 is 10.6 Å². The second-order valence-corrected chi connectivity index (χ2v) is 3.78. The Morgan fingerprint density at radius 3 is 2.33 bits per heavy atom. The average molecular weight is 216 g/mol. The number of ether oxygens (including phenoxy) is 1. The standard InChI is InChI=1S/C10H20N2O3/c1-7(2)12-9(13)6-11-8(3)5-10(14)15-4/h7-8,11H,5-6H2,1-4H3,(H,12,13). The number of hydrogen-bond donors (Lipinski definition) is 2. The van der Waals surface area contributed by atoms with E-state index in [1.54, 1.807) is 0 Å². The molecule has 0 saturated carbocycles. The quantitative estimate of drug-likeness (QED) is 0.616. The van der Waals surface area contributed by atoms with E-state index in [-0.39, 0.29) is 36.9 Å². The van der Waals surface area contributed by atoms with E-state index in [1.165, 1.54) is 7.11 Å². The minimum absolute atomic E-state index is 0.0598. The summed E-state index contributed by atoms with van der Waals surface area (Å²) < 4.78 is 4.51. The zero-order valence-corrected chi connectivity index (χ0v) is 9.79. The topological polar surface area (TPSA) is 67.4 Å². The predicted molar refractivity (Wildman–Crippen MR) is 57.4 cm³/mol. The predicted octanol–water partition coefficient (Wildman–Crippen LogP) is 0.0522. The number of nitrogens with one attached hydrogen (secondary N) is 2. The Balaban J connectivity index is 3.66. The minimum atomic E-state index is -0.278. The highest BCUT2D eigenvalue weighted by Gasteiger charge is 2.10. The van der Waals surface area contributed by atoms with Gasteiger partial charge in [0, 0.05) is 12.1 Å². The maximum Gasteiger partial charge on any atom is 0.307 e. The molecule has 0 rings (SSSR count). The summed E-state index contributed by atoms with van der Waals surface area (Å²) in [7, 11) is 1.35. The van der Waals surface area contributed by atoms with Crippen LogP contribution in [0.3, 0.4) is 0 Å². The van der Waals surface area contributed by atoms with E-state index in [2.05, 4.69) is 15.4 Å². The van der Waals surface area contributed by atoms with E-state index >= 15 is 0 Å². The van der Waals surface area contributed by atoms with Crippen molar-refractivity contribution in [3.05, 3.63) is 0 Å². The van der Waals surface area contributed by atoms with Crippen LogP contribution in [0.25, 0.3) is 0 Å². The largest absolute Gasteiger partial charge is 0.469 e. The maximum atomic E-state index is 11.2. The van der Waals surface area contributed by atoms with Gasteiger partial charge >= 0.3 is 5.97 Å². The molecule has 0 aliphatic carbocycles. The van der Waals surface area contributed by atoms with E-state index in [0.717, 1.165) is 0 Å². The van der Waals surface area contributed by atoms with Gasteiger partial charge in [0.25, 0.3) is 0 Å². The minimum Gasteiger partial charge on any atom is -0.469 e. The van der Waals surface area contributed by atoms with Crippen LogP contribution in [0.5, 0.6) is 0 Å². The van der Waals surface area contributed by atoms with Gasteiger partial charge in [-0.25, -0.2) is 0 Å². The Kier molecular flexibility index (Phi) is 6.70. The molecule has 0 aromatic carbocycles. The Morgan fingerprint density at radius 1 is 1.27 bits per heavy atom. The van der Waals surface area contributed by atoms with Crippen molar-refractivity contribution in [3.8, 4) is 0 Å². The van der Waals surface area contributed by atoms with Gasteiger partial charge in [0.15, 0.2) is 0 Å². The summed E-state index contributed by atoms with van der Waals surface area (Å²) >= 11 is 0. The molecule has 1 atom stereocenters. The Labute approximate surface area is 90.6 Å². The van der Waals surface area contributed by atoms with Crippen LogP contribution in [0, 0.1) is 0 Å². The number of carbonyl (C=O) groups excluding carboxylic acids is 2. The van der Waals surface area contributed by atoms with E-state index in [0.29, 0.717) is 0 Å². The summed E-state index contributed by atoms with van der Waals surface area (Å²) in [5, 5.41) is 5.69. The fraction of sp³-hybridized carbons (Fsp3) is 0.800. The molecule has 2 N–H and O–H groups in total. The third-order valence-electron chi connectivity index (χ3n) is 1.76. The number of amides is 1. The van der Waals surface area contributed by atoms with Crippen LogP contribution in [0.4, 0.5) is 0 Å². The average Bonchev–Trinajstić information content (AvgIpc) is 2.13. The lowest BCUT2D eigenvalue weighted by atomic mass is 10.2. The smallest absolute Gasteiger partial charge is 0.307 e. The highest BCUT2D eigenvalue weighted by atomic mass is 16.5. The molecule has 0 aliphatic rings. The van der Waals surface area contributed by atoms with Gasteiger partial charge in [-0.1, -0.05) is 0 Å². The lowest BCUT2D eigenvalue weighted by Crippen LogP contribution is -2.41. The first kappa shape index (κ1) is 13.9. The Bertz CT molecular complexity index is 217. The summed E-state index contributed by atoms with van der Waals surface area (Å²) in [6, 6.07) is 0.0746. The van der Waals surface area contributed by atoms with Gasteiger partial charge < -0.3 is 15.4 Å². The van der Waals surface area contributed by atoms with Crippen LogP contribution in [-0.2, 0) is 14.3 Å². The Hall–Kier alpha value is -1.10. The first-order valence-electron chi connectivity index (χ1n) is 5.05. The highest BCUT2D eigenvalue weighted by Crippen LogP contribution is 1.92. The van der Waals surface area contributed by atoms with Crippen molar-refractivity contribution in [1.82, 2.24) is 10.6 Å². The van der Waals surface area contributed by atoms with Crippen molar-refractivity contribution < 1.29 is 14.3 Å². The maximum absolute atomic E-state index is 11.2. The van der Waals surface area contributed by atoms with Crippen molar-refractivity contribution in [3.63, 3.8) is 0 Å². The van der Waals surface area contributed by atoms with Crippen LogP contribution >= 0.6 is 0 Å². The molecule has 1 unspecified atom stereocenters. The summed E-state index contributed by atoms with van der Waals surface area (Å²) in [6.45, 7) is 5.85. The van der Waals surface area contributed by atoms with Crippen LogP contribution in [0.15, 0.2) is 0 Å². The van der Waals surface area contributed by atoms with Gasteiger partial charge in [-0.05, 0) is 20.8 Å². The molecule has 0 aromatic rings. The van der Waals surface area contributed by atoms with Crippen molar-refractivity contribution in [2.45, 2.75) is 39.3 Å². The second kappa shape index (κ2) is 7.23. The highest BCUT2D eigenvalue weighted by molar-refractivity contribution is 5.78. The van der Waals surface area contributed by atoms with Gasteiger partial charge in [-0.2, -0.15) is 0 Å². The monoisotopic (exact) mass is 216 g/mol. The fourth-order valence-electron chi connectivity index (χ4n) is 1.05. The lowest BCUT2D eigenvalue weighted by Gasteiger charge is -2.13. The third-order valence-corrected chi connectivity index (χ3v) is 1.76. The fourth-order valence-corrected chi connectivity index (χ4v) is 1.05. The third kappa shape index (κ3) is 7.93. The van der Waals surface area contributed by atoms with Gasteiger partial charge in [-0.3, -0.25) is 9.59 Å². The van der Waals surface area contributed by atoms with E-state index in [9.17, 15) is 9.59 Å². The number of carbonyl (C=O) groups is 2. The summed E-state index contributed by atoms with van der Waals surface area (Å²) in [6.07, 6.45) is 0.269. The van der Waals surface area contributed by atoms with Crippen molar-refractivity contribution in [2.24, 2.45) is 0 Å². The zero-order valence-electron chi connectivity index (χ0n) is 9.79. The number of hydrogen-bond acceptors (Lipinski definition) is 4. The summed E-state index contributed by atoms with van der Waals surface area (Å²) in [4.78, 5) is 22.1. The molecule has 0 aromatic heterocycles. The molecule has 0 spiro atoms. The summed E-state index contributed by atoms with van der Waals surface area (Å²) in [5.74, 6) is -0.346. The van der Waals surface area contributed by atoms with Crippen molar-refractivity contribution in [2.75, 3.05) is 13.7 Å². The number of methoxy groups -OCH3 is 1. The molecule has 0 bridgehead atoms. The molecule has 0 radical (unpaired) electrons. The van der Waals surface area contributed by atoms with E-state index in [1.807, 2.05) is 20.8 Å². The molecule has 88 valence electrons. The van der Waals surface area contributed by atoms with E-state index < -0.39 is 0 Å². The first-order chi connectivity index (χ1) is 6.95. The molecule has 5 nitrogen and oxygen atoms in total. The molecule has 0 heterocycles. The summed E-state index contributed by atoms with van der Waals surface area (Å²) in [5.41, 5.74) is 0. The van der Waals surface area contributed by atoms with Gasteiger partial charge in [0.2, 0.25) is 5.91 Å². The SMILES string of the molecule is COC(=O)CC(C)NCC(=O)NC(C)C. The van der Waals surface area contributed by atoms with E-state index in [4.69, 9.17) is 0 Å². The zero-order chi connectivity index (χ0) is 11.8. The van der Waals surface area contributed by atoms with Crippen LogP contribution in [-0.4, -0.2) is 37.6 Å². The lowest BCUT2D eigenvalue weighted by molar-refractivity contribution is -0.141. The second-order valence-electron chi connectivity index (χ2n) is 3.78. The molecule has 5 heteroatoms. The molecule has 0 saturated heterocycles. The molecule has 15 heavy (non-hydrogen) atoms. The van der Waals surface area contributed by atoms with Crippen molar-refractivity contribution in [1.29, 1.82) is 0 Å². The number of esters is 1. The molecule has 1 amide bonds. The van der Waals surface area contributed by atoms with Crippen molar-refractivity contribution >= 4 is 11.9 Å². The molecular weight excluding hydrogens is 196 g/mol. The molecular formula is C10H20N2O3. The molecule has 0 aliphatic heterocycles. The van der Waals surface area contributed by atoms with Gasteiger partial charge in [0.05, 0.1) is 20.1 Å². The van der Waals surface area contributed by atoms with Crippen LogP contribution in [0.1, 0.15) is 27.2 Å². The van der Waals surface area contributed by atoms with Gasteiger partial charge in [-0.15, -0.1) is 0 Å². The number of rotatable bonds is 6. The normalized spacial score (nSPS) is 12.3.